The molecule has 2 aromatic carbocycles. The van der Waals surface area contributed by atoms with E-state index in [9.17, 15) is 0 Å². The fraction of sp³-hybridized carbons (Fsp3) is 0.368. The van der Waals surface area contributed by atoms with Crippen LogP contribution in [0.1, 0.15) is 16.7 Å². The van der Waals surface area contributed by atoms with E-state index in [4.69, 9.17) is 0 Å². The van der Waals surface area contributed by atoms with Gasteiger partial charge in [0, 0.05) is 0 Å². The molecule has 1 heterocycles. The van der Waals surface area contributed by atoms with Crippen LogP contribution in [-0.2, 0) is 18.5 Å². The third-order valence-corrected chi connectivity index (χ3v) is 10.0. The summed E-state index contributed by atoms with van der Waals surface area (Å²) >= 11 is 0. The minimum atomic E-state index is 0.206. The Labute approximate surface area is 139 Å². The van der Waals surface area contributed by atoms with Crippen molar-refractivity contribution >= 4 is 25.1 Å². The lowest BCUT2D eigenvalue weighted by Gasteiger charge is -2.17. The van der Waals surface area contributed by atoms with Crippen molar-refractivity contribution in [3.63, 3.8) is 0 Å². The van der Waals surface area contributed by atoms with Gasteiger partial charge in [0.25, 0.3) is 0 Å². The summed E-state index contributed by atoms with van der Waals surface area (Å²) < 4.78 is 0. The monoisotopic (exact) mass is 346 g/mol. The molecule has 0 bridgehead atoms. The molecule has 0 N–H and O–H groups in total. The van der Waals surface area contributed by atoms with Crippen molar-refractivity contribution in [2.75, 3.05) is 24.6 Å². The van der Waals surface area contributed by atoms with Crippen LogP contribution in [0.3, 0.4) is 0 Å². The predicted molar refractivity (Wildman–Crippen MR) is 107 cm³/mol. The molecular weight excluding hydrogens is 321 g/mol. The second-order valence-electron chi connectivity index (χ2n) is 5.88. The van der Waals surface area contributed by atoms with Crippen molar-refractivity contribution in [1.29, 1.82) is 0 Å². The quantitative estimate of drug-likeness (QED) is 0.608. The summed E-state index contributed by atoms with van der Waals surface area (Å²) in [6.45, 7) is 0. The topological polar surface area (TPSA) is 0 Å². The fourth-order valence-corrected chi connectivity index (χ4v) is 9.58. The summed E-state index contributed by atoms with van der Waals surface area (Å²) in [7, 11) is 2.43. The molecule has 0 spiro atoms. The third kappa shape index (κ3) is 5.13. The van der Waals surface area contributed by atoms with Gasteiger partial charge in [0.15, 0.2) is 0 Å². The Kier molecular flexibility index (Phi) is 6.88. The van der Waals surface area contributed by atoms with E-state index in [1.165, 1.54) is 43.1 Å². The smallest absolute Gasteiger partial charge is 0.00729 e. The summed E-state index contributed by atoms with van der Waals surface area (Å²) in [4.78, 5) is 0. The van der Waals surface area contributed by atoms with Gasteiger partial charge in [0.1, 0.15) is 0 Å². The van der Waals surface area contributed by atoms with Crippen molar-refractivity contribution < 1.29 is 0 Å². The van der Waals surface area contributed by atoms with E-state index in [0.29, 0.717) is 0 Å². The van der Waals surface area contributed by atoms with Crippen LogP contribution in [0.4, 0.5) is 0 Å². The molecule has 0 saturated carbocycles. The predicted octanol–water partition coefficient (Wildman–Crippen LogP) is 5.74. The number of rotatable bonds is 2. The molecule has 0 aromatic heterocycles. The first kappa shape index (κ1) is 16.6. The summed E-state index contributed by atoms with van der Waals surface area (Å²) in [5, 5.41) is 0. The zero-order valence-corrected chi connectivity index (χ0v) is 16.0. The van der Waals surface area contributed by atoms with Crippen molar-refractivity contribution in [1.82, 2.24) is 0 Å². The average molecular weight is 346 g/mol. The highest BCUT2D eigenvalue weighted by Gasteiger charge is 2.11. The van der Waals surface area contributed by atoms with Gasteiger partial charge < -0.3 is 0 Å². The Morgan fingerprint density at radius 3 is 1.86 bits per heavy atom. The number of fused-ring (bicyclic) bond motifs is 1. The van der Waals surface area contributed by atoms with Crippen LogP contribution in [-0.4, -0.2) is 24.6 Å². The molecular formula is C19H25P3. The lowest BCUT2D eigenvalue weighted by Crippen LogP contribution is -1.97. The minimum absolute atomic E-state index is 0.206. The van der Waals surface area contributed by atoms with Gasteiger partial charge in [-0.15, -0.1) is 25.1 Å². The SMILES string of the molecule is c1ccc(CP2CCPCc3ccccc3CPCC2)cc1. The van der Waals surface area contributed by atoms with Gasteiger partial charge in [-0.25, -0.2) is 0 Å². The van der Waals surface area contributed by atoms with Gasteiger partial charge >= 0.3 is 0 Å². The zero-order chi connectivity index (χ0) is 15.0. The van der Waals surface area contributed by atoms with Crippen LogP contribution in [0.2, 0.25) is 0 Å². The molecule has 2 atom stereocenters. The second-order valence-corrected chi connectivity index (χ2v) is 11.1. The maximum Gasteiger partial charge on any atom is -0.00729 e. The lowest BCUT2D eigenvalue weighted by atomic mass is 10.1. The first-order valence-electron chi connectivity index (χ1n) is 8.16. The molecule has 2 aromatic rings. The highest BCUT2D eigenvalue weighted by Crippen LogP contribution is 2.43. The molecule has 0 aliphatic carbocycles. The summed E-state index contributed by atoms with van der Waals surface area (Å²) in [5.41, 5.74) is 4.81. The highest BCUT2D eigenvalue weighted by atomic mass is 31.1. The van der Waals surface area contributed by atoms with Gasteiger partial charge in [0.05, 0.1) is 0 Å². The maximum absolute atomic E-state index is 2.36. The Bertz CT molecular complexity index is 537. The van der Waals surface area contributed by atoms with E-state index in [1.807, 2.05) is 0 Å². The first-order valence-corrected chi connectivity index (χ1v) is 12.9. The van der Waals surface area contributed by atoms with Crippen LogP contribution >= 0.6 is 25.1 Å². The van der Waals surface area contributed by atoms with E-state index < -0.39 is 0 Å². The summed E-state index contributed by atoms with van der Waals surface area (Å²) in [6, 6.07) is 20.3. The standard InChI is InChI=1S/C19H25P3/c1-2-6-17(7-3-1)16-22-12-10-20-14-18-8-4-5-9-19(18)15-21-11-13-22/h1-9,20-21H,10-16H2. The van der Waals surface area contributed by atoms with E-state index in [2.05, 4.69) is 54.6 Å². The molecule has 2 unspecified atom stereocenters. The van der Waals surface area contributed by atoms with Crippen molar-refractivity contribution in [3.8, 4) is 0 Å². The number of benzene rings is 2. The number of hydrogen-bond donors (Lipinski definition) is 0. The van der Waals surface area contributed by atoms with Gasteiger partial charge in [-0.05, 0) is 59.8 Å². The number of hydrogen-bond acceptors (Lipinski definition) is 0. The molecule has 0 nitrogen and oxygen atoms in total. The Hall–Kier alpha value is -0.270. The van der Waals surface area contributed by atoms with Gasteiger partial charge in [0.2, 0.25) is 0 Å². The fourth-order valence-electron chi connectivity index (χ4n) is 2.93. The van der Waals surface area contributed by atoms with Crippen LogP contribution in [0, 0.1) is 0 Å². The maximum atomic E-state index is 2.36. The van der Waals surface area contributed by atoms with E-state index in [-0.39, 0.29) is 7.92 Å². The molecule has 3 rings (SSSR count). The van der Waals surface area contributed by atoms with Crippen LogP contribution in [0.15, 0.2) is 54.6 Å². The molecule has 3 heteroatoms. The summed E-state index contributed by atoms with van der Waals surface area (Å²) in [5.74, 6) is 0. The molecule has 1 aliphatic rings. The Balaban J connectivity index is 1.60. The first-order chi connectivity index (χ1) is 10.9. The van der Waals surface area contributed by atoms with E-state index in [1.54, 1.807) is 16.7 Å². The normalized spacial score (nSPS) is 22.1. The van der Waals surface area contributed by atoms with Gasteiger partial charge in [-0.1, -0.05) is 54.6 Å². The van der Waals surface area contributed by atoms with E-state index >= 15 is 0 Å². The van der Waals surface area contributed by atoms with Crippen LogP contribution in [0.25, 0.3) is 0 Å². The van der Waals surface area contributed by atoms with Crippen LogP contribution < -0.4 is 0 Å². The molecule has 0 amide bonds. The van der Waals surface area contributed by atoms with Crippen LogP contribution in [0.5, 0.6) is 0 Å². The Morgan fingerprint density at radius 1 is 0.727 bits per heavy atom. The Morgan fingerprint density at radius 2 is 1.27 bits per heavy atom. The minimum Gasteiger partial charge on any atom is -0.117 e. The molecule has 116 valence electrons. The van der Waals surface area contributed by atoms with Crippen molar-refractivity contribution in [3.05, 3.63) is 71.3 Å². The van der Waals surface area contributed by atoms with Crippen molar-refractivity contribution in [2.24, 2.45) is 0 Å². The van der Waals surface area contributed by atoms with Gasteiger partial charge in [-0.2, -0.15) is 0 Å². The highest BCUT2D eigenvalue weighted by molar-refractivity contribution is 7.58. The lowest BCUT2D eigenvalue weighted by molar-refractivity contribution is 1.26. The van der Waals surface area contributed by atoms with Crippen molar-refractivity contribution in [2.45, 2.75) is 18.5 Å². The van der Waals surface area contributed by atoms with Gasteiger partial charge in [-0.3, -0.25) is 0 Å². The molecule has 22 heavy (non-hydrogen) atoms. The third-order valence-electron chi connectivity index (χ3n) is 4.21. The molecule has 0 fully saturated rings. The van der Waals surface area contributed by atoms with E-state index in [0.717, 1.165) is 17.2 Å². The largest absolute Gasteiger partial charge is 0.117 e. The average Bonchev–Trinajstić information content (AvgIpc) is 2.61. The second kappa shape index (κ2) is 9.13. The summed E-state index contributed by atoms with van der Waals surface area (Å²) in [6.07, 6.45) is 9.82. The zero-order valence-electron chi connectivity index (χ0n) is 13.1. The molecule has 0 radical (unpaired) electrons. The molecule has 0 saturated heterocycles. The molecule has 1 aliphatic heterocycles.